The fourth-order valence-electron chi connectivity index (χ4n) is 3.40. The lowest BCUT2D eigenvalue weighted by molar-refractivity contribution is 0.151. The average molecular weight is 276 g/mol. The smallest absolute Gasteiger partial charge is 0.118 e. The molecule has 0 bridgehead atoms. The van der Waals surface area contributed by atoms with Gasteiger partial charge in [-0.05, 0) is 63.4 Å². The van der Waals surface area contributed by atoms with Gasteiger partial charge in [-0.15, -0.1) is 0 Å². The second kappa shape index (κ2) is 7.09. The predicted octanol–water partition coefficient (Wildman–Crippen LogP) is 2.69. The molecule has 112 valence electrons. The van der Waals surface area contributed by atoms with Gasteiger partial charge in [0.25, 0.3) is 0 Å². The van der Waals surface area contributed by atoms with E-state index in [1.807, 2.05) is 12.1 Å². The van der Waals surface area contributed by atoms with E-state index in [9.17, 15) is 0 Å². The Morgan fingerprint density at radius 2 is 2.00 bits per heavy atom. The van der Waals surface area contributed by atoms with Crippen LogP contribution in [0.25, 0.3) is 0 Å². The van der Waals surface area contributed by atoms with Crippen LogP contribution in [0.1, 0.15) is 31.7 Å². The van der Waals surface area contributed by atoms with Gasteiger partial charge in [0.05, 0.1) is 7.11 Å². The summed E-state index contributed by atoms with van der Waals surface area (Å²) in [5, 5.41) is 0. The van der Waals surface area contributed by atoms with Crippen molar-refractivity contribution in [3.05, 3.63) is 29.8 Å². The SMILES string of the molecule is COc1ccc(CC(C)N(C)C2CCCC2CN)cc1. The van der Waals surface area contributed by atoms with Crippen LogP contribution in [0.4, 0.5) is 0 Å². The Labute approximate surface area is 123 Å². The van der Waals surface area contributed by atoms with E-state index in [1.165, 1.54) is 24.8 Å². The summed E-state index contributed by atoms with van der Waals surface area (Å²) in [7, 11) is 3.96. The number of methoxy groups -OCH3 is 1. The number of hydrogen-bond acceptors (Lipinski definition) is 3. The van der Waals surface area contributed by atoms with Crippen LogP contribution in [0.15, 0.2) is 24.3 Å². The van der Waals surface area contributed by atoms with Crippen LogP contribution in [0.2, 0.25) is 0 Å². The largest absolute Gasteiger partial charge is 0.497 e. The predicted molar refractivity (Wildman–Crippen MR) is 84.1 cm³/mol. The van der Waals surface area contributed by atoms with E-state index in [0.717, 1.165) is 18.7 Å². The molecular formula is C17H28N2O. The first kappa shape index (κ1) is 15.3. The quantitative estimate of drug-likeness (QED) is 0.868. The molecule has 1 aromatic carbocycles. The fraction of sp³-hybridized carbons (Fsp3) is 0.647. The molecule has 3 heteroatoms. The molecule has 1 aliphatic rings. The second-order valence-electron chi connectivity index (χ2n) is 6.06. The Balaban J connectivity index is 1.94. The van der Waals surface area contributed by atoms with Gasteiger partial charge in [0.15, 0.2) is 0 Å². The van der Waals surface area contributed by atoms with Gasteiger partial charge in [-0.1, -0.05) is 18.6 Å². The minimum Gasteiger partial charge on any atom is -0.497 e. The van der Waals surface area contributed by atoms with E-state index < -0.39 is 0 Å². The number of likely N-dealkylation sites (N-methyl/N-ethyl adjacent to an activating group) is 1. The molecule has 1 saturated carbocycles. The lowest BCUT2D eigenvalue weighted by Gasteiger charge is -2.34. The molecule has 1 aromatic rings. The minimum absolute atomic E-state index is 0.542. The molecule has 20 heavy (non-hydrogen) atoms. The van der Waals surface area contributed by atoms with Gasteiger partial charge >= 0.3 is 0 Å². The molecule has 3 unspecified atom stereocenters. The summed E-state index contributed by atoms with van der Waals surface area (Å²) < 4.78 is 5.21. The van der Waals surface area contributed by atoms with Crippen LogP contribution < -0.4 is 10.5 Å². The van der Waals surface area contributed by atoms with E-state index in [0.29, 0.717) is 18.0 Å². The molecule has 1 aliphatic carbocycles. The zero-order valence-corrected chi connectivity index (χ0v) is 13.0. The maximum Gasteiger partial charge on any atom is 0.118 e. The van der Waals surface area contributed by atoms with Crippen LogP contribution in [0.3, 0.4) is 0 Å². The first-order valence-electron chi connectivity index (χ1n) is 7.70. The third-order valence-corrected chi connectivity index (χ3v) is 4.83. The van der Waals surface area contributed by atoms with Crippen molar-refractivity contribution in [2.75, 3.05) is 20.7 Å². The summed E-state index contributed by atoms with van der Waals surface area (Å²) in [6, 6.07) is 9.62. The number of ether oxygens (including phenoxy) is 1. The van der Waals surface area contributed by atoms with Crippen molar-refractivity contribution in [2.45, 2.75) is 44.7 Å². The molecule has 0 heterocycles. The Morgan fingerprint density at radius 3 is 2.60 bits per heavy atom. The summed E-state index contributed by atoms with van der Waals surface area (Å²) in [6.07, 6.45) is 4.99. The maximum atomic E-state index is 5.91. The summed E-state index contributed by atoms with van der Waals surface area (Å²) in [5.41, 5.74) is 7.27. The van der Waals surface area contributed by atoms with E-state index in [2.05, 4.69) is 31.0 Å². The third-order valence-electron chi connectivity index (χ3n) is 4.83. The van der Waals surface area contributed by atoms with Gasteiger partial charge in [0, 0.05) is 12.1 Å². The minimum atomic E-state index is 0.542. The molecule has 0 aromatic heterocycles. The number of benzene rings is 1. The average Bonchev–Trinajstić information content (AvgIpc) is 2.95. The molecule has 0 radical (unpaired) electrons. The highest BCUT2D eigenvalue weighted by molar-refractivity contribution is 5.27. The molecule has 0 saturated heterocycles. The maximum absolute atomic E-state index is 5.91. The van der Waals surface area contributed by atoms with Crippen molar-refractivity contribution in [3.8, 4) is 5.75 Å². The standard InChI is InChI=1S/C17H28N2O/c1-13(11-14-7-9-16(20-3)10-8-14)19(2)17-6-4-5-15(17)12-18/h7-10,13,15,17H,4-6,11-12,18H2,1-3H3. The van der Waals surface area contributed by atoms with Gasteiger partial charge in [-0.25, -0.2) is 0 Å². The van der Waals surface area contributed by atoms with Crippen LogP contribution in [-0.2, 0) is 6.42 Å². The van der Waals surface area contributed by atoms with E-state index in [4.69, 9.17) is 10.5 Å². The van der Waals surface area contributed by atoms with Crippen LogP contribution in [0, 0.1) is 5.92 Å². The Kier molecular flexibility index (Phi) is 5.44. The Bertz CT molecular complexity index is 404. The number of nitrogens with zero attached hydrogens (tertiary/aromatic N) is 1. The summed E-state index contributed by atoms with van der Waals surface area (Å²) in [5.74, 6) is 1.60. The second-order valence-corrected chi connectivity index (χ2v) is 6.06. The number of nitrogens with two attached hydrogens (primary N) is 1. The first-order chi connectivity index (χ1) is 9.65. The lowest BCUT2D eigenvalue weighted by atomic mass is 9.99. The molecule has 2 N–H and O–H groups in total. The van der Waals surface area contributed by atoms with Crippen molar-refractivity contribution in [1.82, 2.24) is 4.90 Å². The van der Waals surface area contributed by atoms with E-state index in [1.54, 1.807) is 7.11 Å². The fourth-order valence-corrected chi connectivity index (χ4v) is 3.40. The number of hydrogen-bond donors (Lipinski definition) is 1. The lowest BCUT2D eigenvalue weighted by Crippen LogP contribution is -2.43. The highest BCUT2D eigenvalue weighted by Gasteiger charge is 2.31. The normalized spacial score (nSPS) is 24.1. The summed E-state index contributed by atoms with van der Waals surface area (Å²) in [4.78, 5) is 2.54. The summed E-state index contributed by atoms with van der Waals surface area (Å²) in [6.45, 7) is 3.14. The van der Waals surface area contributed by atoms with Gasteiger partial charge in [-0.2, -0.15) is 0 Å². The van der Waals surface area contributed by atoms with Crippen molar-refractivity contribution >= 4 is 0 Å². The van der Waals surface area contributed by atoms with Crippen molar-refractivity contribution in [1.29, 1.82) is 0 Å². The molecular weight excluding hydrogens is 248 g/mol. The Morgan fingerprint density at radius 1 is 1.30 bits per heavy atom. The highest BCUT2D eigenvalue weighted by atomic mass is 16.5. The molecule has 0 amide bonds. The van der Waals surface area contributed by atoms with Gasteiger partial charge < -0.3 is 15.4 Å². The molecule has 3 atom stereocenters. The molecule has 0 aliphatic heterocycles. The van der Waals surface area contributed by atoms with Crippen molar-refractivity contribution < 1.29 is 4.74 Å². The van der Waals surface area contributed by atoms with Gasteiger partial charge in [-0.3, -0.25) is 0 Å². The molecule has 2 rings (SSSR count). The first-order valence-corrected chi connectivity index (χ1v) is 7.70. The number of rotatable bonds is 6. The zero-order valence-electron chi connectivity index (χ0n) is 13.0. The van der Waals surface area contributed by atoms with Crippen molar-refractivity contribution in [3.63, 3.8) is 0 Å². The monoisotopic (exact) mass is 276 g/mol. The molecule has 1 fully saturated rings. The van der Waals surface area contributed by atoms with E-state index >= 15 is 0 Å². The van der Waals surface area contributed by atoms with Crippen molar-refractivity contribution in [2.24, 2.45) is 11.7 Å². The third kappa shape index (κ3) is 3.53. The van der Waals surface area contributed by atoms with Crippen LogP contribution >= 0.6 is 0 Å². The highest BCUT2D eigenvalue weighted by Crippen LogP contribution is 2.30. The molecule has 0 spiro atoms. The van der Waals surface area contributed by atoms with Gasteiger partial charge in [0.1, 0.15) is 5.75 Å². The topological polar surface area (TPSA) is 38.5 Å². The molecule has 3 nitrogen and oxygen atoms in total. The van der Waals surface area contributed by atoms with Crippen LogP contribution in [0.5, 0.6) is 5.75 Å². The summed E-state index contributed by atoms with van der Waals surface area (Å²) >= 11 is 0. The van der Waals surface area contributed by atoms with Gasteiger partial charge in [0.2, 0.25) is 0 Å². The zero-order chi connectivity index (χ0) is 14.5. The van der Waals surface area contributed by atoms with E-state index in [-0.39, 0.29) is 0 Å². The Hall–Kier alpha value is -1.06. The van der Waals surface area contributed by atoms with Crippen LogP contribution in [-0.4, -0.2) is 37.7 Å².